The number of piperidine rings is 1. The van der Waals surface area contributed by atoms with Gasteiger partial charge in [-0.15, -0.1) is 0 Å². The molecule has 0 saturated carbocycles. The van der Waals surface area contributed by atoms with E-state index in [0.29, 0.717) is 28.6 Å². The molecule has 42 heavy (non-hydrogen) atoms. The van der Waals surface area contributed by atoms with Gasteiger partial charge in [-0.3, -0.25) is 4.90 Å². The van der Waals surface area contributed by atoms with Crippen LogP contribution in [0.3, 0.4) is 0 Å². The van der Waals surface area contributed by atoms with Crippen LogP contribution in [0.4, 0.5) is 23.1 Å². The topological polar surface area (TPSA) is 114 Å². The summed E-state index contributed by atoms with van der Waals surface area (Å²) in [5.41, 5.74) is 10.6. The second-order valence-electron chi connectivity index (χ2n) is 11.0. The first-order valence-corrected chi connectivity index (χ1v) is 14.4. The van der Waals surface area contributed by atoms with Crippen molar-refractivity contribution in [3.8, 4) is 11.4 Å². The SMILES string of the molecule is COC(=O)c1cccc(Nc2nc(N)nc3ccn(-c4ccc(N5CCC(N6CCN(C)CC6)CC5)cc4OC)c23)c1. The van der Waals surface area contributed by atoms with Crippen LogP contribution in [0.5, 0.6) is 5.75 Å². The number of rotatable bonds is 7. The zero-order chi connectivity index (χ0) is 29.2. The number of nitrogens with zero attached hydrogens (tertiary/aromatic N) is 6. The average Bonchev–Trinajstić information content (AvgIpc) is 3.44. The number of piperazine rings is 1. The van der Waals surface area contributed by atoms with Gasteiger partial charge in [0.05, 0.1) is 31.0 Å². The Morgan fingerprint density at radius 2 is 1.76 bits per heavy atom. The number of likely N-dealkylation sites (N-methyl/N-ethyl adjacent to an activating group) is 1. The fraction of sp³-hybridized carbons (Fsp3) is 0.387. The summed E-state index contributed by atoms with van der Waals surface area (Å²) < 4.78 is 12.8. The summed E-state index contributed by atoms with van der Waals surface area (Å²) in [5, 5.41) is 3.32. The Morgan fingerprint density at radius 1 is 0.976 bits per heavy atom. The van der Waals surface area contributed by atoms with Crippen molar-refractivity contribution >= 4 is 40.1 Å². The maximum atomic E-state index is 12.1. The van der Waals surface area contributed by atoms with Crippen LogP contribution in [0, 0.1) is 0 Å². The van der Waals surface area contributed by atoms with E-state index in [4.69, 9.17) is 15.2 Å². The number of carbonyl (C=O) groups excluding carboxylic acids is 1. The number of hydrogen-bond acceptors (Lipinski definition) is 10. The summed E-state index contributed by atoms with van der Waals surface area (Å²) in [6, 6.07) is 16.0. The van der Waals surface area contributed by atoms with Crippen LogP contribution in [-0.4, -0.2) is 96.9 Å². The van der Waals surface area contributed by atoms with Crippen molar-refractivity contribution in [1.82, 2.24) is 24.3 Å². The van der Waals surface area contributed by atoms with E-state index in [1.54, 1.807) is 25.3 Å². The number of ether oxygens (including phenoxy) is 2. The van der Waals surface area contributed by atoms with Gasteiger partial charge in [0.25, 0.3) is 0 Å². The van der Waals surface area contributed by atoms with Crippen LogP contribution in [0.25, 0.3) is 16.7 Å². The molecule has 4 heterocycles. The molecule has 2 aliphatic rings. The molecule has 2 aromatic heterocycles. The van der Waals surface area contributed by atoms with Crippen molar-refractivity contribution in [2.75, 3.05) is 76.5 Å². The van der Waals surface area contributed by atoms with Gasteiger partial charge in [0.15, 0.2) is 5.82 Å². The zero-order valence-electron chi connectivity index (χ0n) is 24.4. The van der Waals surface area contributed by atoms with Crippen molar-refractivity contribution in [3.05, 3.63) is 60.3 Å². The molecule has 11 heteroatoms. The lowest BCUT2D eigenvalue weighted by molar-refractivity contribution is 0.0601. The van der Waals surface area contributed by atoms with Crippen LogP contribution >= 0.6 is 0 Å². The first kappa shape index (κ1) is 27.8. The van der Waals surface area contributed by atoms with Crippen molar-refractivity contribution < 1.29 is 14.3 Å². The molecule has 2 saturated heterocycles. The molecule has 0 radical (unpaired) electrons. The largest absolute Gasteiger partial charge is 0.494 e. The highest BCUT2D eigenvalue weighted by Gasteiger charge is 2.27. The number of nitrogen functional groups attached to an aromatic ring is 1. The van der Waals surface area contributed by atoms with Crippen LogP contribution in [0.15, 0.2) is 54.7 Å². The Balaban J connectivity index is 1.26. The molecule has 2 fully saturated rings. The van der Waals surface area contributed by atoms with Gasteiger partial charge < -0.3 is 34.9 Å². The minimum atomic E-state index is -0.414. The Labute approximate surface area is 245 Å². The highest BCUT2D eigenvalue weighted by Crippen LogP contribution is 2.35. The highest BCUT2D eigenvalue weighted by atomic mass is 16.5. The molecule has 2 aromatic carbocycles. The molecule has 6 rings (SSSR count). The quantitative estimate of drug-likeness (QED) is 0.319. The fourth-order valence-electron chi connectivity index (χ4n) is 6.07. The first-order chi connectivity index (χ1) is 20.4. The van der Waals surface area contributed by atoms with Crippen LogP contribution in [0.1, 0.15) is 23.2 Å². The number of hydrogen-bond donors (Lipinski definition) is 2. The van der Waals surface area contributed by atoms with Gasteiger partial charge in [-0.05, 0) is 56.3 Å². The van der Waals surface area contributed by atoms with Gasteiger partial charge in [0.2, 0.25) is 5.95 Å². The maximum absolute atomic E-state index is 12.1. The van der Waals surface area contributed by atoms with Crippen LogP contribution in [0.2, 0.25) is 0 Å². The Bertz CT molecular complexity index is 1570. The molecule has 0 bridgehead atoms. The second kappa shape index (κ2) is 11.9. The molecule has 220 valence electrons. The number of nitrogens with two attached hydrogens (primary N) is 1. The Hall–Kier alpha value is -4.35. The van der Waals surface area contributed by atoms with Gasteiger partial charge in [0.1, 0.15) is 11.3 Å². The summed E-state index contributed by atoms with van der Waals surface area (Å²) in [6.45, 7) is 6.69. The standard InChI is InChI=1S/C31H38N8O3/c1-36-15-17-38(18-16-36)23-9-12-37(13-10-23)24-7-8-26(27(20-24)41-2)39-14-11-25-28(39)29(35-31(32)34-25)33-22-6-4-5-21(19-22)30(40)42-3/h4-8,11,14,19-20,23H,9-10,12-13,15-18H2,1-3H3,(H3,32,33,34,35). The number of esters is 1. The van der Waals surface area contributed by atoms with E-state index in [-0.39, 0.29) is 5.95 Å². The third-order valence-electron chi connectivity index (χ3n) is 8.40. The lowest BCUT2D eigenvalue weighted by Crippen LogP contribution is -2.52. The van der Waals surface area contributed by atoms with E-state index in [1.807, 2.05) is 22.9 Å². The molecular weight excluding hydrogens is 532 g/mol. The van der Waals surface area contributed by atoms with Crippen LogP contribution < -0.4 is 20.7 Å². The van der Waals surface area contributed by atoms with Crippen molar-refractivity contribution in [2.45, 2.75) is 18.9 Å². The first-order valence-electron chi connectivity index (χ1n) is 14.4. The molecule has 0 atom stereocenters. The minimum absolute atomic E-state index is 0.147. The summed E-state index contributed by atoms with van der Waals surface area (Å²) >= 11 is 0. The molecule has 0 unspecified atom stereocenters. The number of methoxy groups -OCH3 is 2. The van der Waals surface area contributed by atoms with E-state index < -0.39 is 5.97 Å². The van der Waals surface area contributed by atoms with Gasteiger partial charge >= 0.3 is 5.97 Å². The lowest BCUT2D eigenvalue weighted by Gasteiger charge is -2.42. The normalized spacial score (nSPS) is 17.0. The molecular formula is C31H38N8O3. The molecule has 3 N–H and O–H groups in total. The summed E-state index contributed by atoms with van der Waals surface area (Å²) in [4.78, 5) is 28.6. The predicted molar refractivity (Wildman–Crippen MR) is 165 cm³/mol. The average molecular weight is 571 g/mol. The minimum Gasteiger partial charge on any atom is -0.494 e. The summed E-state index contributed by atoms with van der Waals surface area (Å²) in [7, 11) is 5.26. The number of carbonyl (C=O) groups is 1. The molecule has 11 nitrogen and oxygen atoms in total. The van der Waals surface area contributed by atoms with Gasteiger partial charge in [-0.2, -0.15) is 4.98 Å². The third kappa shape index (κ3) is 5.57. The van der Waals surface area contributed by atoms with Gasteiger partial charge in [0, 0.05) is 68.9 Å². The zero-order valence-corrected chi connectivity index (χ0v) is 24.4. The fourth-order valence-corrected chi connectivity index (χ4v) is 6.07. The predicted octanol–water partition coefficient (Wildman–Crippen LogP) is 3.76. The summed E-state index contributed by atoms with van der Waals surface area (Å²) in [6.07, 6.45) is 4.27. The smallest absolute Gasteiger partial charge is 0.337 e. The van der Waals surface area contributed by atoms with E-state index in [2.05, 4.69) is 55.2 Å². The molecule has 0 aliphatic carbocycles. The molecule has 0 spiro atoms. The molecule has 2 aliphatic heterocycles. The maximum Gasteiger partial charge on any atom is 0.337 e. The Kier molecular flexibility index (Phi) is 7.86. The van der Waals surface area contributed by atoms with E-state index in [9.17, 15) is 4.79 Å². The second-order valence-corrected chi connectivity index (χ2v) is 11.0. The summed E-state index contributed by atoms with van der Waals surface area (Å²) in [5.74, 6) is 1.00. The van der Waals surface area contributed by atoms with Gasteiger partial charge in [-0.25, -0.2) is 9.78 Å². The number of aromatic nitrogens is 3. The van der Waals surface area contributed by atoms with Gasteiger partial charge in [-0.1, -0.05) is 6.07 Å². The van der Waals surface area contributed by atoms with E-state index in [0.717, 1.165) is 61.9 Å². The highest BCUT2D eigenvalue weighted by molar-refractivity contribution is 5.93. The number of anilines is 4. The number of nitrogens with one attached hydrogen (secondary N) is 1. The monoisotopic (exact) mass is 570 g/mol. The third-order valence-corrected chi connectivity index (χ3v) is 8.40. The van der Waals surface area contributed by atoms with Crippen molar-refractivity contribution in [3.63, 3.8) is 0 Å². The number of fused-ring (bicyclic) bond motifs is 1. The van der Waals surface area contributed by atoms with E-state index >= 15 is 0 Å². The Morgan fingerprint density at radius 3 is 2.50 bits per heavy atom. The molecule has 4 aromatic rings. The molecule has 0 amide bonds. The lowest BCUT2D eigenvalue weighted by atomic mass is 10.0. The van der Waals surface area contributed by atoms with Crippen molar-refractivity contribution in [1.29, 1.82) is 0 Å². The van der Waals surface area contributed by atoms with Crippen LogP contribution in [-0.2, 0) is 4.74 Å². The van der Waals surface area contributed by atoms with E-state index in [1.165, 1.54) is 20.0 Å². The number of benzene rings is 2. The van der Waals surface area contributed by atoms with Crippen molar-refractivity contribution in [2.24, 2.45) is 0 Å².